The third-order valence-electron chi connectivity index (χ3n) is 2.75. The third kappa shape index (κ3) is 3.87. The number of amides is 1. The normalized spacial score (nSPS) is 19.4. The minimum Gasteiger partial charge on any atom is -0.351 e. The quantitative estimate of drug-likeness (QED) is 0.894. The van der Waals surface area contributed by atoms with Crippen LogP contribution in [0, 0.1) is 0 Å². The summed E-state index contributed by atoms with van der Waals surface area (Å²) in [6, 6.07) is 4.72. The Morgan fingerprint density at radius 1 is 1.47 bits per heavy atom. The van der Waals surface area contributed by atoms with E-state index in [4.69, 9.17) is 0 Å². The molecular formula is C12H13F3N2OS. The predicted molar refractivity (Wildman–Crippen MR) is 67.5 cm³/mol. The van der Waals surface area contributed by atoms with Gasteiger partial charge in [-0.15, -0.1) is 11.8 Å². The number of carbonyl (C=O) groups excluding carboxylic acids is 1. The SMILES string of the molecule is O=C(NCc1cccc(C(F)(F)F)c1)C1CSCN1. The van der Waals surface area contributed by atoms with E-state index < -0.39 is 11.7 Å². The number of carbonyl (C=O) groups is 1. The molecule has 1 fully saturated rings. The minimum absolute atomic E-state index is 0.103. The Morgan fingerprint density at radius 3 is 2.89 bits per heavy atom. The number of nitrogens with one attached hydrogen (secondary N) is 2. The van der Waals surface area contributed by atoms with Gasteiger partial charge < -0.3 is 5.32 Å². The van der Waals surface area contributed by atoms with Crippen LogP contribution >= 0.6 is 11.8 Å². The van der Waals surface area contributed by atoms with Gasteiger partial charge in [0.2, 0.25) is 5.91 Å². The van der Waals surface area contributed by atoms with Crippen molar-refractivity contribution in [3.8, 4) is 0 Å². The third-order valence-corrected chi connectivity index (χ3v) is 3.69. The van der Waals surface area contributed by atoms with Gasteiger partial charge >= 0.3 is 6.18 Å². The first kappa shape index (κ1) is 14.2. The zero-order valence-corrected chi connectivity index (χ0v) is 10.8. The average Bonchev–Trinajstić information content (AvgIpc) is 2.89. The maximum Gasteiger partial charge on any atom is 0.416 e. The fourth-order valence-electron chi connectivity index (χ4n) is 1.73. The van der Waals surface area contributed by atoms with Gasteiger partial charge in [-0.2, -0.15) is 13.2 Å². The molecule has 3 nitrogen and oxygen atoms in total. The van der Waals surface area contributed by atoms with Crippen molar-refractivity contribution in [1.29, 1.82) is 0 Å². The second-order valence-electron chi connectivity index (χ2n) is 4.19. The van der Waals surface area contributed by atoms with Gasteiger partial charge in [0.15, 0.2) is 0 Å². The molecule has 104 valence electrons. The lowest BCUT2D eigenvalue weighted by Gasteiger charge is -2.12. The minimum atomic E-state index is -4.36. The Labute approximate surface area is 112 Å². The molecule has 19 heavy (non-hydrogen) atoms. The van der Waals surface area contributed by atoms with Gasteiger partial charge in [0, 0.05) is 18.2 Å². The summed E-state index contributed by atoms with van der Waals surface area (Å²) in [5.74, 6) is 1.23. The number of halogens is 3. The number of hydrogen-bond donors (Lipinski definition) is 2. The molecule has 0 saturated carbocycles. The second-order valence-corrected chi connectivity index (χ2v) is 5.22. The molecule has 7 heteroatoms. The smallest absolute Gasteiger partial charge is 0.351 e. The zero-order valence-electron chi connectivity index (χ0n) is 9.96. The van der Waals surface area contributed by atoms with Gasteiger partial charge in [-0.1, -0.05) is 12.1 Å². The molecule has 0 aliphatic carbocycles. The molecule has 0 aromatic heterocycles. The Bertz CT molecular complexity index is 459. The van der Waals surface area contributed by atoms with Gasteiger partial charge in [-0.05, 0) is 17.7 Å². The summed E-state index contributed by atoms with van der Waals surface area (Å²) < 4.78 is 37.5. The molecule has 1 aromatic rings. The van der Waals surface area contributed by atoms with E-state index in [-0.39, 0.29) is 18.5 Å². The van der Waals surface area contributed by atoms with Gasteiger partial charge in [-0.3, -0.25) is 10.1 Å². The van der Waals surface area contributed by atoms with Crippen molar-refractivity contribution in [2.24, 2.45) is 0 Å². The first-order chi connectivity index (χ1) is 8.97. The van der Waals surface area contributed by atoms with Crippen molar-refractivity contribution in [3.05, 3.63) is 35.4 Å². The number of alkyl halides is 3. The molecule has 1 atom stereocenters. The molecule has 1 unspecified atom stereocenters. The van der Waals surface area contributed by atoms with E-state index in [2.05, 4.69) is 10.6 Å². The zero-order chi connectivity index (χ0) is 13.9. The molecule has 2 N–H and O–H groups in total. The molecule has 0 bridgehead atoms. The highest BCUT2D eigenvalue weighted by Gasteiger charge is 2.30. The van der Waals surface area contributed by atoms with Crippen LogP contribution in [0.2, 0.25) is 0 Å². The Hall–Kier alpha value is -1.21. The number of thioether (sulfide) groups is 1. The number of rotatable bonds is 3. The monoisotopic (exact) mass is 290 g/mol. The predicted octanol–water partition coefficient (Wildman–Crippen LogP) is 1.98. The Kier molecular flexibility index (Phi) is 4.36. The van der Waals surface area contributed by atoms with E-state index in [1.807, 2.05) is 0 Å². The summed E-state index contributed by atoms with van der Waals surface area (Å²) >= 11 is 1.62. The molecule has 1 aliphatic heterocycles. The van der Waals surface area contributed by atoms with Crippen LogP contribution in [0.15, 0.2) is 24.3 Å². The van der Waals surface area contributed by atoms with Crippen molar-refractivity contribution < 1.29 is 18.0 Å². The van der Waals surface area contributed by atoms with Gasteiger partial charge in [0.05, 0.1) is 11.6 Å². The van der Waals surface area contributed by atoms with Crippen LogP contribution in [-0.2, 0) is 17.5 Å². The lowest BCUT2D eigenvalue weighted by molar-refractivity contribution is -0.137. The van der Waals surface area contributed by atoms with Crippen molar-refractivity contribution >= 4 is 17.7 Å². The van der Waals surface area contributed by atoms with Gasteiger partial charge in [-0.25, -0.2) is 0 Å². The second kappa shape index (κ2) is 5.83. The van der Waals surface area contributed by atoms with E-state index in [9.17, 15) is 18.0 Å². The molecule has 1 aromatic carbocycles. The lowest BCUT2D eigenvalue weighted by Crippen LogP contribution is -2.41. The highest BCUT2D eigenvalue weighted by molar-refractivity contribution is 7.99. The lowest BCUT2D eigenvalue weighted by atomic mass is 10.1. The molecular weight excluding hydrogens is 277 g/mol. The van der Waals surface area contributed by atoms with Crippen LogP contribution in [-0.4, -0.2) is 23.6 Å². The molecule has 0 spiro atoms. The van der Waals surface area contributed by atoms with Crippen LogP contribution in [0.1, 0.15) is 11.1 Å². The summed E-state index contributed by atoms with van der Waals surface area (Å²) in [5, 5.41) is 5.64. The largest absolute Gasteiger partial charge is 0.416 e. The standard InChI is InChI=1S/C12H13F3N2OS/c13-12(14,15)9-3-1-2-8(4-9)5-16-11(18)10-6-19-7-17-10/h1-4,10,17H,5-7H2,(H,16,18). The van der Waals surface area contributed by atoms with E-state index in [1.54, 1.807) is 17.8 Å². The molecule has 1 amide bonds. The highest BCUT2D eigenvalue weighted by Crippen LogP contribution is 2.29. The van der Waals surface area contributed by atoms with E-state index in [1.165, 1.54) is 6.07 Å². The summed E-state index contributed by atoms with van der Waals surface area (Å²) in [6.45, 7) is 0.103. The van der Waals surface area contributed by atoms with Crippen LogP contribution < -0.4 is 10.6 Å². The van der Waals surface area contributed by atoms with E-state index in [0.717, 1.165) is 18.0 Å². The van der Waals surface area contributed by atoms with Gasteiger partial charge in [0.1, 0.15) is 0 Å². The van der Waals surface area contributed by atoms with Crippen LogP contribution in [0.25, 0.3) is 0 Å². The maximum atomic E-state index is 12.5. The number of hydrogen-bond acceptors (Lipinski definition) is 3. The van der Waals surface area contributed by atoms with Crippen LogP contribution in [0.5, 0.6) is 0 Å². The molecule has 1 saturated heterocycles. The molecule has 1 aliphatic rings. The van der Waals surface area contributed by atoms with E-state index >= 15 is 0 Å². The van der Waals surface area contributed by atoms with Crippen LogP contribution in [0.4, 0.5) is 13.2 Å². The van der Waals surface area contributed by atoms with Crippen molar-refractivity contribution in [2.75, 3.05) is 11.6 Å². The first-order valence-electron chi connectivity index (χ1n) is 5.72. The average molecular weight is 290 g/mol. The molecule has 1 heterocycles. The maximum absolute atomic E-state index is 12.5. The summed E-state index contributed by atoms with van der Waals surface area (Å²) in [5.41, 5.74) is -0.261. The fraction of sp³-hybridized carbons (Fsp3) is 0.417. The summed E-state index contributed by atoms with van der Waals surface area (Å²) in [7, 11) is 0. The van der Waals surface area contributed by atoms with Gasteiger partial charge in [0.25, 0.3) is 0 Å². The topological polar surface area (TPSA) is 41.1 Å². The van der Waals surface area contributed by atoms with Crippen LogP contribution in [0.3, 0.4) is 0 Å². The fourth-order valence-corrected chi connectivity index (χ4v) is 2.68. The Balaban J connectivity index is 1.94. The molecule has 2 rings (SSSR count). The summed E-state index contributed by atoms with van der Waals surface area (Å²) in [6.07, 6.45) is -4.36. The van der Waals surface area contributed by atoms with E-state index in [0.29, 0.717) is 11.3 Å². The number of benzene rings is 1. The van der Waals surface area contributed by atoms with Crippen molar-refractivity contribution in [1.82, 2.24) is 10.6 Å². The summed E-state index contributed by atoms with van der Waals surface area (Å²) in [4.78, 5) is 11.7. The van der Waals surface area contributed by atoms with Crippen molar-refractivity contribution in [2.45, 2.75) is 18.8 Å². The highest BCUT2D eigenvalue weighted by atomic mass is 32.2. The Morgan fingerprint density at radius 2 is 2.26 bits per heavy atom. The van der Waals surface area contributed by atoms with Crippen molar-refractivity contribution in [3.63, 3.8) is 0 Å². The first-order valence-corrected chi connectivity index (χ1v) is 6.87. The molecule has 0 radical (unpaired) electrons.